The maximum Gasteiger partial charge on any atom is 0.303 e. The molecule has 2 heterocycles. The van der Waals surface area contributed by atoms with Gasteiger partial charge in [0.05, 0.1) is 18.8 Å². The molecule has 1 aromatic carbocycles. The van der Waals surface area contributed by atoms with Crippen LogP contribution in [0.25, 0.3) is 10.9 Å². The van der Waals surface area contributed by atoms with Crippen molar-refractivity contribution in [3.8, 4) is 5.75 Å². The zero-order valence-corrected chi connectivity index (χ0v) is 21.2. The third-order valence-electron chi connectivity index (χ3n) is 7.65. The summed E-state index contributed by atoms with van der Waals surface area (Å²) in [6.07, 6.45) is 6.55. The lowest BCUT2D eigenvalue weighted by Crippen LogP contribution is -2.42. The lowest BCUT2D eigenvalue weighted by atomic mass is 9.79. The number of carboxylic acid groups (broad SMARTS) is 1. The van der Waals surface area contributed by atoms with Gasteiger partial charge in [0.1, 0.15) is 17.7 Å². The van der Waals surface area contributed by atoms with Crippen molar-refractivity contribution in [2.75, 3.05) is 32.5 Å². The number of alkyl halides is 1. The Morgan fingerprint density at radius 3 is 2.83 bits per heavy atom. The van der Waals surface area contributed by atoms with Gasteiger partial charge in [0.15, 0.2) is 0 Å². The number of thioether (sulfide) groups is 1. The summed E-state index contributed by atoms with van der Waals surface area (Å²) in [4.78, 5) is 18.0. The number of benzene rings is 1. The van der Waals surface area contributed by atoms with E-state index < -0.39 is 18.0 Å². The van der Waals surface area contributed by atoms with E-state index >= 15 is 4.39 Å². The molecule has 1 saturated carbocycles. The number of aromatic nitrogens is 1. The zero-order valence-electron chi connectivity index (χ0n) is 20.4. The van der Waals surface area contributed by atoms with Crippen LogP contribution in [-0.2, 0) is 4.79 Å². The number of fused-ring (bicyclic) bond motifs is 1. The largest absolute Gasteiger partial charge is 0.497 e. The van der Waals surface area contributed by atoms with Gasteiger partial charge >= 0.3 is 5.97 Å². The Morgan fingerprint density at radius 1 is 1.29 bits per heavy atom. The van der Waals surface area contributed by atoms with Gasteiger partial charge in [0.2, 0.25) is 0 Å². The van der Waals surface area contributed by atoms with Gasteiger partial charge in [-0.05, 0) is 68.7 Å². The molecule has 0 radical (unpaired) electrons. The molecule has 1 aromatic heterocycles. The minimum absolute atomic E-state index is 0.0101. The van der Waals surface area contributed by atoms with Gasteiger partial charge in [-0.25, -0.2) is 8.78 Å². The van der Waals surface area contributed by atoms with Gasteiger partial charge in [-0.3, -0.25) is 9.78 Å². The van der Waals surface area contributed by atoms with E-state index in [0.29, 0.717) is 23.1 Å². The predicted octanol–water partition coefficient (Wildman–Crippen LogP) is 6.26. The standard InChI is InChI=1S/C27H36F2N2O3S/c1-34-20-7-9-25-22(15-20)27(24(29)16-30-25)23(28)8-6-18-10-11-31(17-19(18)14-26(32)33)12-13-35-21-4-2-3-5-21/h7,9,15-16,18-19,21,23H,2-6,8,10-14,17H2,1H3,(H,32,33)/t18?,19?,23-/m1/s1. The molecule has 1 saturated heterocycles. The fourth-order valence-electron chi connectivity index (χ4n) is 5.72. The topological polar surface area (TPSA) is 62.7 Å². The smallest absolute Gasteiger partial charge is 0.303 e. The molecule has 5 nitrogen and oxygen atoms in total. The Labute approximate surface area is 210 Å². The van der Waals surface area contributed by atoms with E-state index in [9.17, 15) is 14.3 Å². The van der Waals surface area contributed by atoms with Gasteiger partial charge in [0.25, 0.3) is 0 Å². The number of hydrogen-bond donors (Lipinski definition) is 1. The molecule has 2 aromatic rings. The summed E-state index contributed by atoms with van der Waals surface area (Å²) in [5.74, 6) is 0.253. The van der Waals surface area contributed by atoms with Crippen LogP contribution >= 0.6 is 11.8 Å². The van der Waals surface area contributed by atoms with Crippen molar-refractivity contribution in [2.45, 2.75) is 62.8 Å². The second-order valence-electron chi connectivity index (χ2n) is 9.93. The number of carboxylic acids is 1. The normalized spacial score (nSPS) is 22.5. The fourth-order valence-corrected chi connectivity index (χ4v) is 7.08. The third kappa shape index (κ3) is 6.85. The van der Waals surface area contributed by atoms with Crippen LogP contribution < -0.4 is 4.74 Å². The summed E-state index contributed by atoms with van der Waals surface area (Å²) in [6, 6.07) is 5.05. The molecule has 0 spiro atoms. The van der Waals surface area contributed by atoms with Crippen molar-refractivity contribution in [2.24, 2.45) is 11.8 Å². The highest BCUT2D eigenvalue weighted by Crippen LogP contribution is 2.37. The van der Waals surface area contributed by atoms with Gasteiger partial charge in [0, 0.05) is 41.5 Å². The number of methoxy groups -OCH3 is 1. The van der Waals surface area contributed by atoms with E-state index in [1.54, 1.807) is 18.2 Å². The van der Waals surface area contributed by atoms with Crippen LogP contribution in [0, 0.1) is 17.7 Å². The Hall–Kier alpha value is -1.93. The number of rotatable bonds is 11. The molecule has 1 aliphatic carbocycles. The average Bonchev–Trinajstić information content (AvgIpc) is 3.36. The Bertz CT molecular complexity index is 1000. The second kappa shape index (κ2) is 12.3. The van der Waals surface area contributed by atoms with Crippen LogP contribution in [0.2, 0.25) is 0 Å². The van der Waals surface area contributed by atoms with Gasteiger partial charge in [-0.2, -0.15) is 11.8 Å². The van der Waals surface area contributed by atoms with Crippen molar-refractivity contribution < 1.29 is 23.4 Å². The first-order chi connectivity index (χ1) is 16.9. The average molecular weight is 507 g/mol. The van der Waals surface area contributed by atoms with Gasteiger partial charge in [-0.1, -0.05) is 12.8 Å². The van der Waals surface area contributed by atoms with Crippen molar-refractivity contribution in [1.82, 2.24) is 9.88 Å². The van der Waals surface area contributed by atoms with Crippen LogP contribution in [0.3, 0.4) is 0 Å². The number of hydrogen-bond acceptors (Lipinski definition) is 5. The molecule has 3 atom stereocenters. The van der Waals surface area contributed by atoms with E-state index in [2.05, 4.69) is 21.6 Å². The van der Waals surface area contributed by atoms with Crippen molar-refractivity contribution in [3.05, 3.63) is 35.8 Å². The summed E-state index contributed by atoms with van der Waals surface area (Å²) >= 11 is 2.05. The number of pyridine rings is 1. The van der Waals surface area contributed by atoms with E-state index in [0.717, 1.165) is 43.3 Å². The molecule has 35 heavy (non-hydrogen) atoms. The molecule has 4 rings (SSSR count). The Kier molecular flexibility index (Phi) is 9.22. The minimum atomic E-state index is -1.49. The number of halogens is 2. The maximum atomic E-state index is 15.5. The number of likely N-dealkylation sites (tertiary alicyclic amines) is 1. The summed E-state index contributed by atoms with van der Waals surface area (Å²) < 4.78 is 35.4. The SMILES string of the molecule is COc1ccc2ncc(F)c([C@H](F)CCC3CCN(CCSC4CCCC4)CC3CC(=O)O)c2c1. The summed E-state index contributed by atoms with van der Waals surface area (Å²) in [7, 11) is 1.52. The molecule has 1 N–H and O–H groups in total. The predicted molar refractivity (Wildman–Crippen MR) is 136 cm³/mol. The number of carbonyl (C=O) groups is 1. The molecular formula is C27H36F2N2O3S. The molecular weight excluding hydrogens is 470 g/mol. The summed E-state index contributed by atoms with van der Waals surface area (Å²) in [5.41, 5.74) is 0.544. The molecule has 8 heteroatoms. The van der Waals surface area contributed by atoms with Crippen molar-refractivity contribution >= 4 is 28.6 Å². The molecule has 2 aliphatic rings. The van der Waals surface area contributed by atoms with Gasteiger partial charge in [-0.15, -0.1) is 0 Å². The van der Waals surface area contributed by atoms with Crippen molar-refractivity contribution in [3.63, 3.8) is 0 Å². The van der Waals surface area contributed by atoms with E-state index in [1.165, 1.54) is 32.8 Å². The van der Waals surface area contributed by atoms with Crippen LogP contribution in [0.15, 0.2) is 24.4 Å². The second-order valence-corrected chi connectivity index (χ2v) is 11.3. The maximum absolute atomic E-state index is 15.5. The first-order valence-electron chi connectivity index (χ1n) is 12.8. The highest BCUT2D eigenvalue weighted by molar-refractivity contribution is 7.99. The Balaban J connectivity index is 1.37. The van der Waals surface area contributed by atoms with Crippen LogP contribution in [0.4, 0.5) is 8.78 Å². The lowest BCUT2D eigenvalue weighted by molar-refractivity contribution is -0.139. The number of nitrogens with zero attached hydrogens (tertiary/aromatic N) is 2. The molecule has 0 amide bonds. The van der Waals surface area contributed by atoms with E-state index in [1.807, 2.05) is 0 Å². The third-order valence-corrected chi connectivity index (χ3v) is 9.01. The highest BCUT2D eigenvalue weighted by atomic mass is 32.2. The molecule has 2 unspecified atom stereocenters. The first-order valence-corrected chi connectivity index (χ1v) is 13.8. The lowest BCUT2D eigenvalue weighted by Gasteiger charge is -2.38. The molecule has 192 valence electrons. The quantitative estimate of drug-likeness (QED) is 0.388. The molecule has 0 bridgehead atoms. The van der Waals surface area contributed by atoms with Gasteiger partial charge < -0.3 is 14.7 Å². The van der Waals surface area contributed by atoms with Crippen LogP contribution in [-0.4, -0.2) is 58.7 Å². The number of piperidine rings is 1. The highest BCUT2D eigenvalue weighted by Gasteiger charge is 2.32. The van der Waals surface area contributed by atoms with Crippen molar-refractivity contribution in [1.29, 1.82) is 0 Å². The summed E-state index contributed by atoms with van der Waals surface area (Å²) in [6.45, 7) is 2.63. The fraction of sp³-hybridized carbons (Fsp3) is 0.630. The molecule has 1 aliphatic heterocycles. The first kappa shape index (κ1) is 26.1. The Morgan fingerprint density at radius 2 is 2.09 bits per heavy atom. The zero-order chi connectivity index (χ0) is 24.8. The number of ether oxygens (including phenoxy) is 1. The van der Waals surface area contributed by atoms with E-state index in [4.69, 9.17) is 4.74 Å². The van der Waals surface area contributed by atoms with Crippen LogP contribution in [0.1, 0.15) is 63.1 Å². The minimum Gasteiger partial charge on any atom is -0.497 e. The molecule has 2 fully saturated rings. The van der Waals surface area contributed by atoms with Crippen LogP contribution in [0.5, 0.6) is 5.75 Å². The number of aliphatic carboxylic acids is 1. The summed E-state index contributed by atoms with van der Waals surface area (Å²) in [5, 5.41) is 10.7. The van der Waals surface area contributed by atoms with E-state index in [-0.39, 0.29) is 30.2 Å². The monoisotopic (exact) mass is 506 g/mol.